The van der Waals surface area contributed by atoms with Crippen LogP contribution in [0.3, 0.4) is 0 Å². The highest BCUT2D eigenvalue weighted by atomic mass is 16.4. The fraction of sp³-hybridized carbons (Fsp3) is 0. The number of carbonyl (C=O) groups excluding carboxylic acids is 2. The average Bonchev–Trinajstić information content (AvgIpc) is 2.61. The molecule has 2 amide bonds. The standard InChI is InChI=1S/C11H7N2O4/c14-9-5-6-10(15)13(9)12-8-4-2-1-3-7(8)11(16)17/h1,3-6,12H,(H,16,17). The van der Waals surface area contributed by atoms with Gasteiger partial charge in [0.05, 0.1) is 11.3 Å². The Morgan fingerprint density at radius 3 is 2.53 bits per heavy atom. The zero-order valence-electron chi connectivity index (χ0n) is 8.51. The Labute approximate surface area is 96.1 Å². The molecule has 1 aliphatic heterocycles. The maximum Gasteiger partial charge on any atom is 0.337 e. The summed E-state index contributed by atoms with van der Waals surface area (Å²) in [6.45, 7) is 0. The molecule has 0 spiro atoms. The maximum atomic E-state index is 11.3. The van der Waals surface area contributed by atoms with Crippen molar-refractivity contribution >= 4 is 23.5 Å². The average molecular weight is 231 g/mol. The summed E-state index contributed by atoms with van der Waals surface area (Å²) in [5.74, 6) is -2.25. The summed E-state index contributed by atoms with van der Waals surface area (Å²) >= 11 is 0. The summed E-state index contributed by atoms with van der Waals surface area (Å²) in [7, 11) is 0. The van der Waals surface area contributed by atoms with Crippen molar-refractivity contribution in [3.8, 4) is 0 Å². The number of hydrogen-bond donors (Lipinski definition) is 2. The second-order valence-electron chi connectivity index (χ2n) is 3.23. The van der Waals surface area contributed by atoms with E-state index in [9.17, 15) is 14.4 Å². The summed E-state index contributed by atoms with van der Waals surface area (Å²) in [6, 6.07) is 6.77. The van der Waals surface area contributed by atoms with Crippen LogP contribution in [0.4, 0.5) is 5.69 Å². The minimum Gasteiger partial charge on any atom is -0.478 e. The number of carbonyl (C=O) groups is 3. The lowest BCUT2D eigenvalue weighted by molar-refractivity contribution is -0.135. The normalized spacial score (nSPS) is 14.2. The highest BCUT2D eigenvalue weighted by Gasteiger charge is 2.24. The van der Waals surface area contributed by atoms with Gasteiger partial charge in [-0.05, 0) is 18.2 Å². The second kappa shape index (κ2) is 4.09. The summed E-state index contributed by atoms with van der Waals surface area (Å²) in [4.78, 5) is 33.4. The molecule has 2 rings (SSSR count). The minimum atomic E-state index is -1.16. The lowest BCUT2D eigenvalue weighted by Crippen LogP contribution is -2.36. The third-order valence-corrected chi connectivity index (χ3v) is 2.14. The van der Waals surface area contributed by atoms with Crippen molar-refractivity contribution in [3.63, 3.8) is 0 Å². The van der Waals surface area contributed by atoms with E-state index >= 15 is 0 Å². The third-order valence-electron chi connectivity index (χ3n) is 2.14. The van der Waals surface area contributed by atoms with E-state index < -0.39 is 17.8 Å². The number of benzene rings is 1. The van der Waals surface area contributed by atoms with Crippen molar-refractivity contribution < 1.29 is 19.5 Å². The van der Waals surface area contributed by atoms with E-state index in [0.717, 1.165) is 17.2 Å². The number of anilines is 1. The molecule has 6 heteroatoms. The van der Waals surface area contributed by atoms with Gasteiger partial charge >= 0.3 is 5.97 Å². The van der Waals surface area contributed by atoms with Crippen LogP contribution in [0.2, 0.25) is 0 Å². The van der Waals surface area contributed by atoms with E-state index in [2.05, 4.69) is 11.5 Å². The quantitative estimate of drug-likeness (QED) is 0.737. The van der Waals surface area contributed by atoms with Crippen LogP contribution in [0.5, 0.6) is 0 Å². The Balaban J connectivity index is 2.28. The Bertz CT molecular complexity index is 518. The first-order valence-corrected chi connectivity index (χ1v) is 4.66. The van der Waals surface area contributed by atoms with Crippen LogP contribution in [0.15, 0.2) is 30.4 Å². The second-order valence-corrected chi connectivity index (χ2v) is 3.23. The van der Waals surface area contributed by atoms with Crippen LogP contribution < -0.4 is 5.43 Å². The fourth-order valence-electron chi connectivity index (χ4n) is 1.34. The van der Waals surface area contributed by atoms with E-state index in [4.69, 9.17) is 5.11 Å². The van der Waals surface area contributed by atoms with Crippen molar-refractivity contribution in [1.29, 1.82) is 0 Å². The predicted molar refractivity (Wildman–Crippen MR) is 56.9 cm³/mol. The fourth-order valence-corrected chi connectivity index (χ4v) is 1.34. The van der Waals surface area contributed by atoms with Gasteiger partial charge in [-0.1, -0.05) is 6.07 Å². The number of carboxylic acids is 1. The lowest BCUT2D eigenvalue weighted by atomic mass is 10.2. The van der Waals surface area contributed by atoms with Gasteiger partial charge in [-0.2, -0.15) is 5.01 Å². The van der Waals surface area contributed by atoms with Crippen molar-refractivity contribution in [3.05, 3.63) is 42.0 Å². The summed E-state index contributed by atoms with van der Waals surface area (Å²) in [6.07, 6.45) is 2.20. The van der Waals surface area contributed by atoms with Gasteiger partial charge in [0.1, 0.15) is 0 Å². The number of aromatic carboxylic acids is 1. The molecule has 6 nitrogen and oxygen atoms in total. The molecule has 0 saturated heterocycles. The minimum absolute atomic E-state index is 0.0451. The van der Waals surface area contributed by atoms with Gasteiger partial charge in [-0.25, -0.2) is 4.79 Å². The van der Waals surface area contributed by atoms with Crippen molar-refractivity contribution in [2.75, 3.05) is 5.43 Å². The molecule has 0 fully saturated rings. The van der Waals surface area contributed by atoms with Gasteiger partial charge in [0, 0.05) is 12.2 Å². The van der Waals surface area contributed by atoms with Crippen LogP contribution in [0.1, 0.15) is 10.4 Å². The molecule has 0 aromatic heterocycles. The number of amides is 2. The van der Waals surface area contributed by atoms with Crippen LogP contribution in [0, 0.1) is 6.07 Å². The zero-order valence-corrected chi connectivity index (χ0v) is 8.51. The predicted octanol–water partition coefficient (Wildman–Crippen LogP) is 0.437. The van der Waals surface area contributed by atoms with E-state index in [0.29, 0.717) is 0 Å². The highest BCUT2D eigenvalue weighted by Crippen LogP contribution is 2.17. The molecule has 1 aromatic rings. The Hall–Kier alpha value is -2.63. The van der Waals surface area contributed by atoms with E-state index in [-0.39, 0.29) is 11.3 Å². The first kappa shape index (κ1) is 10.9. The van der Waals surface area contributed by atoms with Crippen molar-refractivity contribution in [2.24, 2.45) is 0 Å². The number of hydrogen-bond acceptors (Lipinski definition) is 4. The van der Waals surface area contributed by atoms with Crippen LogP contribution in [-0.4, -0.2) is 27.9 Å². The van der Waals surface area contributed by atoms with Crippen molar-refractivity contribution in [2.45, 2.75) is 0 Å². The van der Waals surface area contributed by atoms with Crippen LogP contribution >= 0.6 is 0 Å². The molecule has 0 unspecified atom stereocenters. The Morgan fingerprint density at radius 2 is 1.94 bits per heavy atom. The SMILES string of the molecule is O=C(O)c1cc[c]cc1NN1C(=O)C=CC1=O. The molecule has 0 bridgehead atoms. The van der Waals surface area contributed by atoms with E-state index in [1.54, 1.807) is 0 Å². The summed E-state index contributed by atoms with van der Waals surface area (Å²) in [5.41, 5.74) is 2.53. The van der Waals surface area contributed by atoms with Gasteiger partial charge in [0.25, 0.3) is 11.8 Å². The number of hydrazine groups is 1. The van der Waals surface area contributed by atoms with Gasteiger partial charge in [-0.15, -0.1) is 0 Å². The molecule has 1 aliphatic rings. The molecule has 85 valence electrons. The maximum absolute atomic E-state index is 11.3. The van der Waals surface area contributed by atoms with Crippen LogP contribution in [-0.2, 0) is 9.59 Å². The van der Waals surface area contributed by atoms with E-state index in [1.807, 2.05) is 0 Å². The molecule has 1 aromatic carbocycles. The molecule has 1 heterocycles. The van der Waals surface area contributed by atoms with Gasteiger partial charge < -0.3 is 5.11 Å². The molecule has 0 aliphatic carbocycles. The number of imide groups is 1. The monoisotopic (exact) mass is 231 g/mol. The molecule has 0 atom stereocenters. The molecular weight excluding hydrogens is 224 g/mol. The first-order chi connectivity index (χ1) is 8.09. The Kier molecular flexibility index (Phi) is 2.61. The largest absolute Gasteiger partial charge is 0.478 e. The number of nitrogens with zero attached hydrogens (tertiary/aromatic N) is 1. The summed E-state index contributed by atoms with van der Waals surface area (Å²) in [5, 5.41) is 9.65. The molecular formula is C11H7N2O4. The zero-order chi connectivity index (χ0) is 12.4. The molecule has 2 N–H and O–H groups in total. The first-order valence-electron chi connectivity index (χ1n) is 4.66. The number of nitrogens with one attached hydrogen (secondary N) is 1. The van der Waals surface area contributed by atoms with Gasteiger partial charge in [-0.3, -0.25) is 15.0 Å². The molecule has 17 heavy (non-hydrogen) atoms. The van der Waals surface area contributed by atoms with Gasteiger partial charge in [0.15, 0.2) is 0 Å². The van der Waals surface area contributed by atoms with E-state index in [1.165, 1.54) is 18.2 Å². The number of rotatable bonds is 3. The topological polar surface area (TPSA) is 86.7 Å². The van der Waals surface area contributed by atoms with Crippen molar-refractivity contribution in [1.82, 2.24) is 5.01 Å². The number of carboxylic acid groups (broad SMARTS) is 1. The highest BCUT2D eigenvalue weighted by molar-refractivity contribution is 6.13. The van der Waals surface area contributed by atoms with Crippen LogP contribution in [0.25, 0.3) is 0 Å². The summed E-state index contributed by atoms with van der Waals surface area (Å²) < 4.78 is 0. The lowest BCUT2D eigenvalue weighted by Gasteiger charge is -2.17. The smallest absolute Gasteiger partial charge is 0.337 e. The third kappa shape index (κ3) is 2.00. The Morgan fingerprint density at radius 1 is 1.29 bits per heavy atom. The molecule has 1 radical (unpaired) electrons. The molecule has 0 saturated carbocycles. The van der Waals surface area contributed by atoms with Gasteiger partial charge in [0.2, 0.25) is 0 Å².